The lowest BCUT2D eigenvalue weighted by Gasteiger charge is -2.01. The molecule has 0 spiro atoms. The lowest BCUT2D eigenvalue weighted by atomic mass is 10.2. The van der Waals surface area contributed by atoms with Crippen LogP contribution in [0.15, 0.2) is 18.3 Å². The highest BCUT2D eigenvalue weighted by atomic mass is 16.5. The SMILES string of the molecule is CNCCc1ccc(OC)nc1. The molecule has 66 valence electrons. The van der Waals surface area contributed by atoms with E-state index in [4.69, 9.17) is 4.74 Å². The second kappa shape index (κ2) is 4.72. The van der Waals surface area contributed by atoms with Crippen LogP contribution in [0.4, 0.5) is 0 Å². The predicted molar refractivity (Wildman–Crippen MR) is 48.4 cm³/mol. The van der Waals surface area contributed by atoms with E-state index in [2.05, 4.69) is 10.3 Å². The van der Waals surface area contributed by atoms with E-state index < -0.39 is 0 Å². The van der Waals surface area contributed by atoms with Crippen molar-refractivity contribution in [3.63, 3.8) is 0 Å². The fourth-order valence-corrected chi connectivity index (χ4v) is 0.949. The van der Waals surface area contributed by atoms with Crippen molar-refractivity contribution in [1.29, 1.82) is 0 Å². The summed E-state index contributed by atoms with van der Waals surface area (Å²) in [6.45, 7) is 0.980. The largest absolute Gasteiger partial charge is 0.481 e. The van der Waals surface area contributed by atoms with Crippen LogP contribution in [-0.2, 0) is 6.42 Å². The van der Waals surface area contributed by atoms with E-state index in [-0.39, 0.29) is 0 Å². The number of aromatic nitrogens is 1. The maximum atomic E-state index is 4.95. The summed E-state index contributed by atoms with van der Waals surface area (Å²) in [5, 5.41) is 3.09. The molecule has 1 aromatic rings. The molecule has 0 aliphatic heterocycles. The number of rotatable bonds is 4. The molecule has 0 saturated heterocycles. The second-order valence-corrected chi connectivity index (χ2v) is 2.56. The van der Waals surface area contributed by atoms with Gasteiger partial charge in [-0.1, -0.05) is 6.07 Å². The predicted octanol–water partition coefficient (Wildman–Crippen LogP) is 0.852. The normalized spacial score (nSPS) is 9.83. The van der Waals surface area contributed by atoms with Gasteiger partial charge in [-0.05, 0) is 25.6 Å². The van der Waals surface area contributed by atoms with Crippen molar-refractivity contribution in [2.45, 2.75) is 6.42 Å². The standard InChI is InChI=1S/C9H14N2O/c1-10-6-5-8-3-4-9(12-2)11-7-8/h3-4,7,10H,5-6H2,1-2H3. The molecule has 0 aliphatic carbocycles. The number of nitrogens with one attached hydrogen (secondary N) is 1. The van der Waals surface area contributed by atoms with Crippen molar-refractivity contribution < 1.29 is 4.74 Å². The molecule has 0 aliphatic rings. The van der Waals surface area contributed by atoms with Gasteiger partial charge in [0.2, 0.25) is 5.88 Å². The maximum Gasteiger partial charge on any atom is 0.212 e. The van der Waals surface area contributed by atoms with Crippen LogP contribution in [0.25, 0.3) is 0 Å². The zero-order valence-electron chi connectivity index (χ0n) is 7.50. The van der Waals surface area contributed by atoms with Gasteiger partial charge in [0, 0.05) is 12.3 Å². The van der Waals surface area contributed by atoms with Crippen molar-refractivity contribution in [3.05, 3.63) is 23.9 Å². The Labute approximate surface area is 72.8 Å². The Morgan fingerprint density at radius 1 is 1.50 bits per heavy atom. The Morgan fingerprint density at radius 3 is 2.83 bits per heavy atom. The van der Waals surface area contributed by atoms with Crippen LogP contribution in [0, 0.1) is 0 Å². The molecule has 0 unspecified atom stereocenters. The smallest absolute Gasteiger partial charge is 0.212 e. The summed E-state index contributed by atoms with van der Waals surface area (Å²) in [6, 6.07) is 3.91. The lowest BCUT2D eigenvalue weighted by molar-refractivity contribution is 0.397. The maximum absolute atomic E-state index is 4.95. The lowest BCUT2D eigenvalue weighted by Crippen LogP contribution is -2.10. The summed E-state index contributed by atoms with van der Waals surface area (Å²) in [4.78, 5) is 4.10. The summed E-state index contributed by atoms with van der Waals surface area (Å²) in [5.41, 5.74) is 1.23. The molecule has 12 heavy (non-hydrogen) atoms. The number of nitrogens with zero attached hydrogens (tertiary/aromatic N) is 1. The molecular weight excluding hydrogens is 152 g/mol. The molecule has 1 aromatic heterocycles. The molecule has 1 rings (SSSR count). The van der Waals surface area contributed by atoms with Crippen LogP contribution in [0.3, 0.4) is 0 Å². The van der Waals surface area contributed by atoms with Crippen LogP contribution >= 0.6 is 0 Å². The molecule has 0 fully saturated rings. The van der Waals surface area contributed by atoms with Gasteiger partial charge in [0.1, 0.15) is 0 Å². The number of hydrogen-bond donors (Lipinski definition) is 1. The number of likely N-dealkylation sites (N-methyl/N-ethyl adjacent to an activating group) is 1. The molecule has 3 heteroatoms. The first-order chi connectivity index (χ1) is 5.86. The van der Waals surface area contributed by atoms with Crippen LogP contribution in [0.2, 0.25) is 0 Å². The van der Waals surface area contributed by atoms with Gasteiger partial charge in [-0.15, -0.1) is 0 Å². The summed E-state index contributed by atoms with van der Waals surface area (Å²) >= 11 is 0. The van der Waals surface area contributed by atoms with E-state index in [9.17, 15) is 0 Å². The number of methoxy groups -OCH3 is 1. The third-order valence-electron chi connectivity index (χ3n) is 1.67. The molecule has 0 radical (unpaired) electrons. The Bertz CT molecular complexity index is 220. The van der Waals surface area contributed by atoms with E-state index in [1.54, 1.807) is 7.11 Å². The molecule has 1 N–H and O–H groups in total. The third kappa shape index (κ3) is 2.51. The van der Waals surface area contributed by atoms with E-state index >= 15 is 0 Å². The van der Waals surface area contributed by atoms with Crippen molar-refractivity contribution in [2.24, 2.45) is 0 Å². The monoisotopic (exact) mass is 166 g/mol. The molecule has 1 heterocycles. The highest BCUT2D eigenvalue weighted by Crippen LogP contribution is 2.06. The quantitative estimate of drug-likeness (QED) is 0.720. The zero-order valence-corrected chi connectivity index (χ0v) is 7.50. The Hall–Kier alpha value is -1.09. The fourth-order valence-electron chi connectivity index (χ4n) is 0.949. The molecule has 0 bridgehead atoms. The van der Waals surface area contributed by atoms with Crippen LogP contribution < -0.4 is 10.1 Å². The first-order valence-corrected chi connectivity index (χ1v) is 4.00. The van der Waals surface area contributed by atoms with Gasteiger partial charge in [-0.2, -0.15) is 0 Å². The summed E-state index contributed by atoms with van der Waals surface area (Å²) in [6.07, 6.45) is 2.85. The Morgan fingerprint density at radius 2 is 2.33 bits per heavy atom. The highest BCUT2D eigenvalue weighted by Gasteiger charge is 1.93. The Kier molecular flexibility index (Phi) is 3.54. The molecule has 3 nitrogen and oxygen atoms in total. The van der Waals surface area contributed by atoms with Gasteiger partial charge < -0.3 is 10.1 Å². The van der Waals surface area contributed by atoms with Crippen LogP contribution in [-0.4, -0.2) is 25.7 Å². The Balaban J connectivity index is 2.53. The minimum Gasteiger partial charge on any atom is -0.481 e. The van der Waals surface area contributed by atoms with Gasteiger partial charge in [0.05, 0.1) is 7.11 Å². The molecule has 0 atom stereocenters. The summed E-state index contributed by atoms with van der Waals surface area (Å²) < 4.78 is 4.95. The average Bonchev–Trinajstić information content (AvgIpc) is 2.15. The summed E-state index contributed by atoms with van der Waals surface area (Å²) in [5.74, 6) is 0.670. The average molecular weight is 166 g/mol. The van der Waals surface area contributed by atoms with Gasteiger partial charge in [0.15, 0.2) is 0 Å². The van der Waals surface area contributed by atoms with Gasteiger partial charge in [0.25, 0.3) is 0 Å². The molecule has 0 amide bonds. The van der Waals surface area contributed by atoms with Crippen LogP contribution in [0.1, 0.15) is 5.56 Å². The van der Waals surface area contributed by atoms with E-state index in [1.165, 1.54) is 5.56 Å². The van der Waals surface area contributed by atoms with Crippen molar-refractivity contribution >= 4 is 0 Å². The van der Waals surface area contributed by atoms with E-state index in [0.717, 1.165) is 13.0 Å². The third-order valence-corrected chi connectivity index (χ3v) is 1.67. The number of ether oxygens (including phenoxy) is 1. The molecular formula is C9H14N2O. The van der Waals surface area contributed by atoms with Gasteiger partial charge in [-0.25, -0.2) is 4.98 Å². The molecule has 0 saturated carbocycles. The first-order valence-electron chi connectivity index (χ1n) is 4.00. The minimum absolute atomic E-state index is 0.670. The first kappa shape index (κ1) is 9.00. The van der Waals surface area contributed by atoms with Crippen molar-refractivity contribution in [3.8, 4) is 5.88 Å². The molecule has 0 aromatic carbocycles. The second-order valence-electron chi connectivity index (χ2n) is 2.56. The summed E-state index contributed by atoms with van der Waals surface area (Å²) in [7, 11) is 3.56. The minimum atomic E-state index is 0.670. The highest BCUT2D eigenvalue weighted by molar-refractivity contribution is 5.17. The van der Waals surface area contributed by atoms with E-state index in [1.807, 2.05) is 25.4 Å². The number of hydrogen-bond acceptors (Lipinski definition) is 3. The van der Waals surface area contributed by atoms with Crippen molar-refractivity contribution in [2.75, 3.05) is 20.7 Å². The zero-order chi connectivity index (χ0) is 8.81. The van der Waals surface area contributed by atoms with E-state index in [0.29, 0.717) is 5.88 Å². The van der Waals surface area contributed by atoms with Crippen molar-refractivity contribution in [1.82, 2.24) is 10.3 Å². The van der Waals surface area contributed by atoms with Gasteiger partial charge in [-0.3, -0.25) is 0 Å². The fraction of sp³-hybridized carbons (Fsp3) is 0.444. The van der Waals surface area contributed by atoms with Gasteiger partial charge >= 0.3 is 0 Å². The number of pyridine rings is 1. The van der Waals surface area contributed by atoms with Crippen LogP contribution in [0.5, 0.6) is 5.88 Å². The topological polar surface area (TPSA) is 34.1 Å².